The minimum Gasteiger partial charge on any atom is -0.382 e. The van der Waals surface area contributed by atoms with Crippen LogP contribution in [0.1, 0.15) is 43.5 Å². The van der Waals surface area contributed by atoms with Crippen LogP contribution in [0.15, 0.2) is 0 Å². The Kier molecular flexibility index (Phi) is 5.81. The van der Waals surface area contributed by atoms with Crippen molar-refractivity contribution in [2.75, 3.05) is 37.2 Å². The highest BCUT2D eigenvalue weighted by atomic mass is 32.1. The Morgan fingerprint density at radius 2 is 2.19 bits per heavy atom. The summed E-state index contributed by atoms with van der Waals surface area (Å²) in [5.41, 5.74) is 6.34. The molecule has 1 saturated carbocycles. The first-order valence-corrected chi connectivity index (χ1v) is 8.45. The van der Waals surface area contributed by atoms with Crippen LogP contribution in [0.4, 0.5) is 10.8 Å². The summed E-state index contributed by atoms with van der Waals surface area (Å²) >= 11 is 1.26. The monoisotopic (exact) mass is 311 g/mol. The molecule has 0 bridgehead atoms. The van der Waals surface area contributed by atoms with Crippen LogP contribution in [-0.2, 0) is 0 Å². The van der Waals surface area contributed by atoms with Gasteiger partial charge >= 0.3 is 0 Å². The molecule has 2 rings (SSSR count). The summed E-state index contributed by atoms with van der Waals surface area (Å²) in [6.07, 6.45) is 3.28. The van der Waals surface area contributed by atoms with Gasteiger partial charge in [-0.25, -0.2) is 0 Å². The highest BCUT2D eigenvalue weighted by Crippen LogP contribution is 2.28. The average molecular weight is 311 g/mol. The van der Waals surface area contributed by atoms with Crippen LogP contribution in [0.25, 0.3) is 0 Å². The third kappa shape index (κ3) is 4.57. The summed E-state index contributed by atoms with van der Waals surface area (Å²) in [7, 11) is 0. The maximum atomic E-state index is 12.2. The molecule has 1 heterocycles. The lowest BCUT2D eigenvalue weighted by Gasteiger charge is -2.19. The lowest BCUT2D eigenvalue weighted by molar-refractivity contribution is 0.0953. The fraction of sp³-hybridized carbons (Fsp3) is 0.714. The highest BCUT2D eigenvalue weighted by molar-refractivity contribution is 7.11. The van der Waals surface area contributed by atoms with E-state index < -0.39 is 0 Å². The number of nitrogens with zero attached hydrogens (tertiary/aromatic N) is 2. The molecular formula is C14H25N5OS. The number of likely N-dealkylation sites (N-methyl/N-ethyl adjacent to an activating group) is 1. The van der Waals surface area contributed by atoms with Gasteiger partial charge in [-0.1, -0.05) is 13.8 Å². The number of carbonyl (C=O) groups excluding carboxylic acids is 1. The maximum Gasteiger partial charge on any atom is 0.258 e. The molecule has 1 amide bonds. The number of nitrogens with one attached hydrogen (secondary N) is 2. The van der Waals surface area contributed by atoms with E-state index in [4.69, 9.17) is 5.73 Å². The topological polar surface area (TPSA) is 83.3 Å². The SMILES string of the molecule is CCCN(CC)CCNc1snc(N)c1C(=O)NC1CC1. The Morgan fingerprint density at radius 3 is 2.81 bits per heavy atom. The molecule has 1 aliphatic carbocycles. The molecule has 0 spiro atoms. The zero-order chi connectivity index (χ0) is 15.2. The zero-order valence-electron chi connectivity index (χ0n) is 12.8. The second-order valence-corrected chi connectivity index (χ2v) is 6.15. The second-order valence-electron chi connectivity index (χ2n) is 5.38. The molecule has 0 atom stereocenters. The molecule has 0 saturated heterocycles. The van der Waals surface area contributed by atoms with Gasteiger partial charge in [-0.2, -0.15) is 4.37 Å². The Bertz CT molecular complexity index is 472. The molecule has 0 aliphatic heterocycles. The van der Waals surface area contributed by atoms with Gasteiger partial charge in [0.15, 0.2) is 5.82 Å². The number of hydrogen-bond donors (Lipinski definition) is 3. The maximum absolute atomic E-state index is 12.2. The van der Waals surface area contributed by atoms with Crippen LogP contribution in [0, 0.1) is 0 Å². The van der Waals surface area contributed by atoms with E-state index in [9.17, 15) is 4.79 Å². The Balaban J connectivity index is 1.89. The lowest BCUT2D eigenvalue weighted by atomic mass is 10.3. The Morgan fingerprint density at radius 1 is 1.43 bits per heavy atom. The summed E-state index contributed by atoms with van der Waals surface area (Å²) in [5.74, 6) is 0.216. The van der Waals surface area contributed by atoms with Gasteiger partial charge < -0.3 is 21.3 Å². The molecule has 21 heavy (non-hydrogen) atoms. The summed E-state index contributed by atoms with van der Waals surface area (Å²) in [6, 6.07) is 0.324. The van der Waals surface area contributed by atoms with Crippen molar-refractivity contribution in [1.82, 2.24) is 14.6 Å². The lowest BCUT2D eigenvalue weighted by Crippen LogP contribution is -2.30. The van der Waals surface area contributed by atoms with E-state index in [1.54, 1.807) is 0 Å². The van der Waals surface area contributed by atoms with Gasteiger partial charge in [-0.3, -0.25) is 4.79 Å². The van der Waals surface area contributed by atoms with Crippen LogP contribution < -0.4 is 16.4 Å². The predicted octanol–water partition coefficient (Wildman–Crippen LogP) is 1.76. The number of aromatic nitrogens is 1. The number of nitrogen functional groups attached to an aromatic ring is 1. The Labute approximate surface area is 130 Å². The van der Waals surface area contributed by atoms with Crippen molar-refractivity contribution in [2.45, 2.75) is 39.2 Å². The molecule has 4 N–H and O–H groups in total. The highest BCUT2D eigenvalue weighted by Gasteiger charge is 2.27. The number of nitrogens with two attached hydrogens (primary N) is 1. The largest absolute Gasteiger partial charge is 0.382 e. The minimum absolute atomic E-state index is 0.104. The van der Waals surface area contributed by atoms with Crippen molar-refractivity contribution < 1.29 is 4.79 Å². The number of hydrogen-bond acceptors (Lipinski definition) is 6. The smallest absolute Gasteiger partial charge is 0.258 e. The number of anilines is 2. The zero-order valence-corrected chi connectivity index (χ0v) is 13.6. The molecule has 1 aliphatic rings. The van der Waals surface area contributed by atoms with E-state index in [-0.39, 0.29) is 5.91 Å². The van der Waals surface area contributed by atoms with Crippen molar-refractivity contribution in [3.8, 4) is 0 Å². The third-order valence-corrected chi connectivity index (χ3v) is 4.38. The van der Waals surface area contributed by atoms with Crippen molar-refractivity contribution in [3.05, 3.63) is 5.56 Å². The predicted molar refractivity (Wildman–Crippen MR) is 87.9 cm³/mol. The van der Waals surface area contributed by atoms with E-state index in [0.29, 0.717) is 17.4 Å². The van der Waals surface area contributed by atoms with E-state index in [0.717, 1.165) is 50.4 Å². The van der Waals surface area contributed by atoms with Crippen molar-refractivity contribution in [1.29, 1.82) is 0 Å². The van der Waals surface area contributed by atoms with Crippen LogP contribution in [-0.4, -0.2) is 47.4 Å². The second kappa shape index (κ2) is 7.61. The van der Waals surface area contributed by atoms with Crippen molar-refractivity contribution in [2.24, 2.45) is 0 Å². The number of rotatable bonds is 9. The summed E-state index contributed by atoms with van der Waals surface area (Å²) in [4.78, 5) is 14.6. The van der Waals surface area contributed by atoms with Gasteiger partial charge in [-0.05, 0) is 43.9 Å². The van der Waals surface area contributed by atoms with Crippen molar-refractivity contribution >= 4 is 28.3 Å². The molecule has 1 aromatic rings. The number of carbonyl (C=O) groups is 1. The first-order chi connectivity index (χ1) is 10.2. The molecule has 0 aromatic carbocycles. The fourth-order valence-electron chi connectivity index (χ4n) is 2.20. The van der Waals surface area contributed by atoms with E-state index in [1.807, 2.05) is 0 Å². The molecular weight excluding hydrogens is 286 g/mol. The fourth-order valence-corrected chi connectivity index (χ4v) is 2.94. The van der Waals surface area contributed by atoms with E-state index >= 15 is 0 Å². The molecule has 1 aromatic heterocycles. The normalized spacial score (nSPS) is 14.4. The molecule has 6 nitrogen and oxygen atoms in total. The third-order valence-electron chi connectivity index (χ3n) is 3.56. The quantitative estimate of drug-likeness (QED) is 0.647. The molecule has 1 fully saturated rings. The van der Waals surface area contributed by atoms with Crippen LogP contribution in [0.2, 0.25) is 0 Å². The Hall–Kier alpha value is -1.34. The first-order valence-electron chi connectivity index (χ1n) is 7.67. The van der Waals surface area contributed by atoms with Crippen LogP contribution in [0.5, 0.6) is 0 Å². The van der Waals surface area contributed by atoms with E-state index in [2.05, 4.69) is 33.8 Å². The van der Waals surface area contributed by atoms with Gasteiger partial charge in [0.25, 0.3) is 5.91 Å². The van der Waals surface area contributed by atoms with Gasteiger partial charge in [0.1, 0.15) is 10.6 Å². The number of amides is 1. The van der Waals surface area contributed by atoms with Gasteiger partial charge in [0.2, 0.25) is 0 Å². The molecule has 0 radical (unpaired) electrons. The first kappa shape index (κ1) is 16.0. The van der Waals surface area contributed by atoms with Crippen molar-refractivity contribution in [3.63, 3.8) is 0 Å². The molecule has 7 heteroatoms. The van der Waals surface area contributed by atoms with Gasteiger partial charge in [0.05, 0.1) is 0 Å². The standard InChI is InChI=1S/C14H25N5OS/c1-3-8-19(4-2)9-7-16-14-11(12(15)18-21-14)13(20)17-10-5-6-10/h10,16H,3-9H2,1-2H3,(H2,15,18)(H,17,20). The van der Waals surface area contributed by atoms with Crippen LogP contribution >= 0.6 is 11.5 Å². The average Bonchev–Trinajstić information content (AvgIpc) is 3.19. The van der Waals surface area contributed by atoms with E-state index in [1.165, 1.54) is 11.5 Å². The summed E-state index contributed by atoms with van der Waals surface area (Å²) < 4.78 is 4.10. The summed E-state index contributed by atoms with van der Waals surface area (Å²) in [6.45, 7) is 8.22. The van der Waals surface area contributed by atoms with Crippen LogP contribution in [0.3, 0.4) is 0 Å². The molecule has 0 unspecified atom stereocenters. The minimum atomic E-state index is -0.104. The van der Waals surface area contributed by atoms with Gasteiger partial charge in [-0.15, -0.1) is 0 Å². The van der Waals surface area contributed by atoms with Gasteiger partial charge in [0, 0.05) is 19.1 Å². The summed E-state index contributed by atoms with van der Waals surface area (Å²) in [5, 5.41) is 7.05. The molecule has 118 valence electrons.